The van der Waals surface area contributed by atoms with Gasteiger partial charge in [0.25, 0.3) is 0 Å². The van der Waals surface area contributed by atoms with Gasteiger partial charge in [0.15, 0.2) is 11.8 Å². The molecule has 0 atom stereocenters. The van der Waals surface area contributed by atoms with E-state index in [4.69, 9.17) is 13.3 Å². The first-order valence-electron chi connectivity index (χ1n) is 14.2. The molecule has 0 fully saturated rings. The van der Waals surface area contributed by atoms with Gasteiger partial charge in [-0.3, -0.25) is 4.99 Å². The van der Waals surface area contributed by atoms with E-state index in [0.717, 1.165) is 41.2 Å². The van der Waals surface area contributed by atoms with Crippen molar-refractivity contribution < 1.29 is 13.3 Å². The van der Waals surface area contributed by atoms with E-state index in [0.29, 0.717) is 0 Å². The van der Waals surface area contributed by atoms with E-state index < -0.39 is 0 Å². The first-order chi connectivity index (χ1) is 18.0. The molecule has 0 radical (unpaired) electrons. The maximum atomic E-state index is 5.45. The lowest BCUT2D eigenvalue weighted by molar-refractivity contribution is 0.380. The van der Waals surface area contributed by atoms with Crippen LogP contribution in [0.4, 0.5) is 0 Å². The molecule has 0 aliphatic carbocycles. The fraction of sp³-hybridized carbons (Fsp3) is 0.618. The van der Waals surface area contributed by atoms with Gasteiger partial charge in [-0.2, -0.15) is 0 Å². The summed E-state index contributed by atoms with van der Waals surface area (Å²) in [6.45, 7) is 33.4. The van der Waals surface area contributed by atoms with Crippen LogP contribution < -0.4 is 0 Å². The number of hydrogen-bond acceptors (Lipinski definition) is 6. The molecule has 0 bridgehead atoms. The summed E-state index contributed by atoms with van der Waals surface area (Å²) in [5.74, 6) is 4.55. The second kappa shape index (κ2) is 13.6. The molecule has 4 heterocycles. The Labute approximate surface area is 243 Å². The molecule has 224 valence electrons. The molecule has 0 spiro atoms. The van der Waals surface area contributed by atoms with Crippen LogP contribution in [0.1, 0.15) is 131 Å². The fourth-order valence-electron chi connectivity index (χ4n) is 3.25. The average Bonchev–Trinajstić information content (AvgIpc) is 3.55. The van der Waals surface area contributed by atoms with Gasteiger partial charge in [0.1, 0.15) is 23.5 Å². The fourth-order valence-corrected chi connectivity index (χ4v) is 3.25. The number of aromatic nitrogens is 2. The number of oxazole rings is 2. The normalized spacial score (nSPS) is 13.7. The minimum absolute atomic E-state index is 0.0360. The Morgan fingerprint density at radius 2 is 1.23 bits per heavy atom. The Morgan fingerprint density at radius 3 is 1.43 bits per heavy atom. The van der Waals surface area contributed by atoms with Crippen LogP contribution in [0.5, 0.6) is 0 Å². The molecule has 0 saturated heterocycles. The van der Waals surface area contributed by atoms with Crippen LogP contribution in [0.2, 0.25) is 0 Å². The zero-order valence-corrected chi connectivity index (χ0v) is 28.2. The van der Waals surface area contributed by atoms with Crippen molar-refractivity contribution in [3.05, 3.63) is 71.1 Å². The number of aryl methyl sites for hydroxylation is 3. The van der Waals surface area contributed by atoms with Gasteiger partial charge in [0.05, 0.1) is 11.9 Å². The molecule has 0 aromatic carbocycles. The van der Waals surface area contributed by atoms with E-state index in [1.165, 1.54) is 11.4 Å². The molecule has 1 aliphatic rings. The first-order valence-corrected chi connectivity index (χ1v) is 14.2. The molecule has 3 aromatic rings. The third-order valence-corrected chi connectivity index (χ3v) is 5.67. The predicted molar refractivity (Wildman–Crippen MR) is 167 cm³/mol. The van der Waals surface area contributed by atoms with Crippen molar-refractivity contribution in [3.8, 4) is 0 Å². The lowest BCUT2D eigenvalue weighted by Crippen LogP contribution is -2.11. The Morgan fingerprint density at radius 1 is 0.650 bits per heavy atom. The zero-order valence-electron chi connectivity index (χ0n) is 28.2. The Kier molecular flexibility index (Phi) is 12.0. The van der Waals surface area contributed by atoms with Crippen LogP contribution in [0.3, 0.4) is 0 Å². The van der Waals surface area contributed by atoms with Gasteiger partial charge in [0.2, 0.25) is 0 Å². The molecular formula is C34H55N3O3. The van der Waals surface area contributed by atoms with Gasteiger partial charge in [-0.15, -0.1) is 0 Å². The highest BCUT2D eigenvalue weighted by Gasteiger charge is 2.20. The second-order valence-corrected chi connectivity index (χ2v) is 14.6. The molecular weight excluding hydrogens is 498 g/mol. The van der Waals surface area contributed by atoms with Crippen LogP contribution in [0.25, 0.3) is 0 Å². The summed E-state index contributed by atoms with van der Waals surface area (Å²) in [6, 6.07) is 4.04. The second-order valence-electron chi connectivity index (χ2n) is 14.6. The van der Waals surface area contributed by atoms with Crippen molar-refractivity contribution in [1.29, 1.82) is 0 Å². The molecule has 4 rings (SSSR count). The summed E-state index contributed by atoms with van der Waals surface area (Å²) < 4.78 is 16.0. The SMILES string of the molecule is CC1=NC(C(C)(C)C)=CC1.Cc1ccc(C(C)(C)C)o1.Cc1cnc(C(C)(C)C)o1.Cc1coc(C(C)(C)C)n1. The molecule has 3 aromatic heterocycles. The maximum absolute atomic E-state index is 5.45. The number of furan rings is 1. The maximum Gasteiger partial charge on any atom is 0.199 e. The Hall–Kier alpha value is -2.89. The van der Waals surface area contributed by atoms with Crippen LogP contribution >= 0.6 is 0 Å². The van der Waals surface area contributed by atoms with Gasteiger partial charge < -0.3 is 13.3 Å². The smallest absolute Gasteiger partial charge is 0.199 e. The third kappa shape index (κ3) is 12.5. The Balaban J connectivity index is 0.000000267. The predicted octanol–water partition coefficient (Wildman–Crippen LogP) is 10.2. The first kappa shape index (κ1) is 35.1. The summed E-state index contributed by atoms with van der Waals surface area (Å²) in [5, 5.41) is 0. The number of rotatable bonds is 0. The topological polar surface area (TPSA) is 77.6 Å². The van der Waals surface area contributed by atoms with Gasteiger partial charge in [0, 0.05) is 39.5 Å². The quantitative estimate of drug-likeness (QED) is 0.277. The van der Waals surface area contributed by atoms with Crippen molar-refractivity contribution >= 4 is 5.71 Å². The molecule has 0 amide bonds. The summed E-state index contributed by atoms with van der Waals surface area (Å²) in [5.41, 5.74) is 3.88. The van der Waals surface area contributed by atoms with E-state index in [1.807, 2.05) is 32.9 Å². The highest BCUT2D eigenvalue weighted by molar-refractivity contribution is 5.86. The third-order valence-electron chi connectivity index (χ3n) is 5.67. The van der Waals surface area contributed by atoms with Gasteiger partial charge in [-0.1, -0.05) is 89.2 Å². The van der Waals surface area contributed by atoms with Crippen molar-refractivity contribution in [2.75, 3.05) is 0 Å². The Bertz CT molecular complexity index is 1120. The van der Waals surface area contributed by atoms with E-state index in [1.54, 1.807) is 12.5 Å². The lowest BCUT2D eigenvalue weighted by atomic mass is 9.92. The standard InChI is InChI=1S/C9H15N.C9H14O.2C8H13NO/c2*1-7-5-6-8(10-7)9(2,3)4;1-6-5-10-7(9-6)8(2,3)4;1-6-5-9-7(10-6)8(2,3)4/h6H,5H2,1-4H3;5-6H,1-4H3;2*5H,1-4H3. The van der Waals surface area contributed by atoms with Crippen LogP contribution in [0, 0.1) is 26.2 Å². The minimum atomic E-state index is 0.0360. The number of nitrogens with zero attached hydrogens (tertiary/aromatic N) is 3. The zero-order chi connectivity index (χ0) is 31.1. The largest absolute Gasteiger partial charge is 0.466 e. The highest BCUT2D eigenvalue weighted by atomic mass is 16.4. The summed E-state index contributed by atoms with van der Waals surface area (Å²) in [4.78, 5) is 12.8. The average molecular weight is 554 g/mol. The molecule has 0 saturated carbocycles. The lowest BCUT2D eigenvalue weighted by Gasteiger charge is -2.16. The van der Waals surface area contributed by atoms with Crippen molar-refractivity contribution in [1.82, 2.24) is 9.97 Å². The molecule has 0 N–H and O–H groups in total. The number of allylic oxidation sites excluding steroid dienone is 2. The number of aliphatic imine (C=N–C) groups is 1. The van der Waals surface area contributed by atoms with Crippen LogP contribution in [-0.4, -0.2) is 15.7 Å². The molecule has 40 heavy (non-hydrogen) atoms. The van der Waals surface area contributed by atoms with E-state index in [2.05, 4.69) is 111 Å². The highest BCUT2D eigenvalue weighted by Crippen LogP contribution is 2.29. The van der Waals surface area contributed by atoms with Crippen LogP contribution in [0.15, 0.2) is 54.6 Å². The van der Waals surface area contributed by atoms with Crippen molar-refractivity contribution in [2.24, 2.45) is 10.4 Å². The van der Waals surface area contributed by atoms with E-state index >= 15 is 0 Å². The summed E-state index contributed by atoms with van der Waals surface area (Å²) >= 11 is 0. The van der Waals surface area contributed by atoms with E-state index in [9.17, 15) is 0 Å². The molecule has 6 nitrogen and oxygen atoms in total. The van der Waals surface area contributed by atoms with Crippen LogP contribution in [-0.2, 0) is 16.2 Å². The monoisotopic (exact) mass is 553 g/mol. The van der Waals surface area contributed by atoms with Gasteiger partial charge in [-0.25, -0.2) is 9.97 Å². The number of hydrogen-bond donors (Lipinski definition) is 0. The van der Waals surface area contributed by atoms with Crippen molar-refractivity contribution in [2.45, 2.75) is 133 Å². The molecule has 6 heteroatoms. The van der Waals surface area contributed by atoms with Gasteiger partial charge >= 0.3 is 0 Å². The molecule has 1 aliphatic heterocycles. The summed E-state index contributed by atoms with van der Waals surface area (Å²) in [6.07, 6.45) is 6.70. The summed E-state index contributed by atoms with van der Waals surface area (Å²) in [7, 11) is 0. The van der Waals surface area contributed by atoms with E-state index in [-0.39, 0.29) is 21.7 Å². The van der Waals surface area contributed by atoms with Crippen molar-refractivity contribution in [3.63, 3.8) is 0 Å². The molecule has 0 unspecified atom stereocenters. The minimum Gasteiger partial charge on any atom is -0.466 e. The van der Waals surface area contributed by atoms with Gasteiger partial charge in [-0.05, 0) is 39.8 Å².